The Balaban J connectivity index is 2.59. The number of fused-ring (bicyclic) bond motifs is 1. The van der Waals surface area contributed by atoms with Crippen LogP contribution in [0.15, 0.2) is 28.0 Å². The molecule has 0 radical (unpaired) electrons. The molecule has 86 valence electrons. The first-order valence-corrected chi connectivity index (χ1v) is 5.58. The fourth-order valence-corrected chi connectivity index (χ4v) is 1.97. The van der Waals surface area contributed by atoms with Gasteiger partial charge in [0.1, 0.15) is 12.9 Å². The Labute approximate surface area is 105 Å². The van der Waals surface area contributed by atoms with Crippen molar-refractivity contribution in [3.8, 4) is 11.8 Å². The number of aliphatic hydroxyl groups excluding tert-OH is 1. The van der Waals surface area contributed by atoms with Crippen LogP contribution in [0.25, 0.3) is 10.9 Å². The summed E-state index contributed by atoms with van der Waals surface area (Å²) in [5.74, 6) is 5.18. The lowest BCUT2D eigenvalue weighted by molar-refractivity contribution is 0.350. The number of halogens is 1. The average Bonchev–Trinajstić information content (AvgIpc) is 2.36. The van der Waals surface area contributed by atoms with Crippen LogP contribution in [0.3, 0.4) is 0 Å². The van der Waals surface area contributed by atoms with Crippen LogP contribution in [0.2, 0.25) is 0 Å². The fourth-order valence-electron chi connectivity index (χ4n) is 1.40. The van der Waals surface area contributed by atoms with Crippen molar-refractivity contribution in [2.75, 3.05) is 6.61 Å². The molecular formula is C11H8BrN3O2. The summed E-state index contributed by atoms with van der Waals surface area (Å²) in [5.41, 5.74) is 0.382. The van der Waals surface area contributed by atoms with Gasteiger partial charge < -0.3 is 9.67 Å². The van der Waals surface area contributed by atoms with E-state index in [1.54, 1.807) is 6.20 Å². The maximum Gasteiger partial charge on any atom is 0.262 e. The van der Waals surface area contributed by atoms with E-state index >= 15 is 0 Å². The first-order chi connectivity index (χ1) is 8.24. The van der Waals surface area contributed by atoms with Gasteiger partial charge in [-0.05, 0) is 15.9 Å². The molecule has 2 heterocycles. The van der Waals surface area contributed by atoms with Gasteiger partial charge in [-0.15, -0.1) is 0 Å². The van der Waals surface area contributed by atoms with E-state index in [1.807, 2.05) is 0 Å². The second-order valence-corrected chi connectivity index (χ2v) is 4.06. The van der Waals surface area contributed by atoms with E-state index in [-0.39, 0.29) is 18.7 Å². The van der Waals surface area contributed by atoms with Gasteiger partial charge in [-0.2, -0.15) is 0 Å². The number of aromatic nitrogens is 3. The monoisotopic (exact) mass is 293 g/mol. The molecular weight excluding hydrogens is 286 g/mol. The molecule has 0 aliphatic heterocycles. The molecule has 0 aliphatic rings. The molecule has 1 N–H and O–H groups in total. The Hall–Kier alpha value is -1.71. The number of hydrogen-bond donors (Lipinski definition) is 1. The highest BCUT2D eigenvalue weighted by molar-refractivity contribution is 9.10. The van der Waals surface area contributed by atoms with E-state index in [4.69, 9.17) is 5.11 Å². The minimum absolute atomic E-state index is 0.198. The van der Waals surface area contributed by atoms with Crippen molar-refractivity contribution < 1.29 is 5.11 Å². The highest BCUT2D eigenvalue weighted by Crippen LogP contribution is 2.17. The molecule has 0 aliphatic carbocycles. The van der Waals surface area contributed by atoms with Gasteiger partial charge in [0.25, 0.3) is 5.56 Å². The van der Waals surface area contributed by atoms with Crippen molar-refractivity contribution in [1.29, 1.82) is 0 Å². The van der Waals surface area contributed by atoms with Crippen molar-refractivity contribution in [2.45, 2.75) is 6.54 Å². The molecule has 17 heavy (non-hydrogen) atoms. The highest BCUT2D eigenvalue weighted by atomic mass is 79.9. The third-order valence-corrected chi connectivity index (χ3v) is 2.73. The molecule has 6 heteroatoms. The topological polar surface area (TPSA) is 68.0 Å². The van der Waals surface area contributed by atoms with Gasteiger partial charge >= 0.3 is 0 Å². The van der Waals surface area contributed by atoms with Crippen molar-refractivity contribution in [3.63, 3.8) is 0 Å². The lowest BCUT2D eigenvalue weighted by atomic mass is 10.3. The molecule has 0 bridgehead atoms. The summed E-state index contributed by atoms with van der Waals surface area (Å²) in [5, 5.41) is 8.99. The quantitative estimate of drug-likeness (QED) is 0.780. The molecule has 0 atom stereocenters. The van der Waals surface area contributed by atoms with Crippen LogP contribution >= 0.6 is 15.9 Å². The maximum atomic E-state index is 12.0. The second kappa shape index (κ2) is 5.08. The molecule has 0 saturated heterocycles. The number of aliphatic hydroxyl groups is 1. The molecule has 0 spiro atoms. The largest absolute Gasteiger partial charge is 0.384 e. The number of rotatable bonds is 1. The Morgan fingerprint density at radius 3 is 3.06 bits per heavy atom. The molecule has 0 unspecified atom stereocenters. The van der Waals surface area contributed by atoms with Crippen LogP contribution in [0, 0.1) is 11.8 Å². The van der Waals surface area contributed by atoms with Gasteiger partial charge in [0.15, 0.2) is 0 Å². The smallest absolute Gasteiger partial charge is 0.262 e. The Morgan fingerprint density at radius 2 is 2.29 bits per heavy atom. The van der Waals surface area contributed by atoms with Gasteiger partial charge in [0.2, 0.25) is 0 Å². The molecule has 0 amide bonds. The third kappa shape index (κ3) is 2.35. The molecule has 0 aromatic carbocycles. The van der Waals surface area contributed by atoms with Crippen LogP contribution in [-0.4, -0.2) is 26.2 Å². The zero-order valence-corrected chi connectivity index (χ0v) is 10.3. The standard InChI is InChI=1S/C11H8BrN3O2/c12-9-6-15(3-1-2-4-16)11(17)8-5-13-7-14-10(8)9/h5-7,16H,3-4H2. The van der Waals surface area contributed by atoms with Crippen LogP contribution in [0.5, 0.6) is 0 Å². The zero-order chi connectivity index (χ0) is 12.3. The van der Waals surface area contributed by atoms with Crippen LogP contribution in [0.4, 0.5) is 0 Å². The average molecular weight is 294 g/mol. The summed E-state index contributed by atoms with van der Waals surface area (Å²) >= 11 is 3.34. The molecule has 2 aromatic heterocycles. The fraction of sp³-hybridized carbons (Fsp3) is 0.182. The van der Waals surface area contributed by atoms with E-state index in [2.05, 4.69) is 37.7 Å². The van der Waals surface area contributed by atoms with Crippen molar-refractivity contribution >= 4 is 26.8 Å². The normalized spacial score (nSPS) is 10.0. The summed E-state index contributed by atoms with van der Waals surface area (Å²) < 4.78 is 2.15. The van der Waals surface area contributed by atoms with E-state index in [0.717, 1.165) is 0 Å². The summed E-state index contributed by atoms with van der Waals surface area (Å²) in [6, 6.07) is 0. The summed E-state index contributed by atoms with van der Waals surface area (Å²) in [7, 11) is 0. The summed E-state index contributed by atoms with van der Waals surface area (Å²) in [6.07, 6.45) is 4.50. The zero-order valence-electron chi connectivity index (χ0n) is 8.72. The number of pyridine rings is 1. The second-order valence-electron chi connectivity index (χ2n) is 3.21. The lowest BCUT2D eigenvalue weighted by Crippen LogP contribution is -2.20. The van der Waals surface area contributed by atoms with Gasteiger partial charge in [-0.3, -0.25) is 4.79 Å². The highest BCUT2D eigenvalue weighted by Gasteiger charge is 2.07. The Kier molecular flexibility index (Phi) is 3.52. The predicted molar refractivity (Wildman–Crippen MR) is 66.4 cm³/mol. The number of hydrogen-bond acceptors (Lipinski definition) is 4. The maximum absolute atomic E-state index is 12.0. The van der Waals surface area contributed by atoms with Crippen molar-refractivity contribution in [2.24, 2.45) is 0 Å². The van der Waals surface area contributed by atoms with E-state index in [9.17, 15) is 4.79 Å². The predicted octanol–water partition coefficient (Wildman–Crippen LogP) is 0.550. The van der Waals surface area contributed by atoms with E-state index in [0.29, 0.717) is 15.4 Å². The van der Waals surface area contributed by atoms with Crippen LogP contribution in [-0.2, 0) is 6.54 Å². The summed E-state index contributed by atoms with van der Waals surface area (Å²) in [4.78, 5) is 19.9. The Morgan fingerprint density at radius 1 is 1.47 bits per heavy atom. The van der Waals surface area contributed by atoms with Crippen molar-refractivity contribution in [1.82, 2.24) is 14.5 Å². The molecule has 0 saturated carbocycles. The molecule has 2 aromatic rings. The molecule has 0 fully saturated rings. The van der Waals surface area contributed by atoms with Gasteiger partial charge in [0, 0.05) is 12.4 Å². The third-order valence-electron chi connectivity index (χ3n) is 2.15. The molecule has 2 rings (SSSR count). The SMILES string of the molecule is O=c1c2cncnc2c(Br)cn1CC#CCO. The van der Waals surface area contributed by atoms with Crippen LogP contribution < -0.4 is 5.56 Å². The minimum atomic E-state index is -0.216. The minimum Gasteiger partial charge on any atom is -0.384 e. The van der Waals surface area contributed by atoms with Crippen LogP contribution in [0.1, 0.15) is 0 Å². The summed E-state index contributed by atoms with van der Waals surface area (Å²) in [6.45, 7) is 0.00937. The Bertz CT molecular complexity index is 670. The molecule has 5 nitrogen and oxygen atoms in total. The van der Waals surface area contributed by atoms with Crippen molar-refractivity contribution in [3.05, 3.63) is 33.5 Å². The van der Waals surface area contributed by atoms with E-state index < -0.39 is 0 Å². The number of nitrogens with zero attached hydrogens (tertiary/aromatic N) is 3. The van der Waals surface area contributed by atoms with Gasteiger partial charge in [-0.25, -0.2) is 9.97 Å². The first kappa shape index (κ1) is 11.8. The van der Waals surface area contributed by atoms with Gasteiger partial charge in [0.05, 0.1) is 21.9 Å². The first-order valence-electron chi connectivity index (χ1n) is 4.79. The van der Waals surface area contributed by atoms with Gasteiger partial charge in [-0.1, -0.05) is 11.8 Å². The lowest BCUT2D eigenvalue weighted by Gasteiger charge is -2.04. The van der Waals surface area contributed by atoms with E-state index in [1.165, 1.54) is 17.1 Å².